The van der Waals surface area contributed by atoms with Crippen LogP contribution in [0.15, 0.2) is 30.3 Å². The Morgan fingerprint density at radius 2 is 2.00 bits per heavy atom. The lowest BCUT2D eigenvalue weighted by atomic mass is 9.74. The molecule has 1 aliphatic heterocycles. The first-order chi connectivity index (χ1) is 9.28. The van der Waals surface area contributed by atoms with E-state index in [1.165, 1.54) is 12.8 Å². The van der Waals surface area contributed by atoms with Crippen molar-refractivity contribution in [2.24, 2.45) is 17.8 Å². The molecule has 0 spiro atoms. The van der Waals surface area contributed by atoms with Gasteiger partial charge in [0.15, 0.2) is 6.29 Å². The molecule has 1 heterocycles. The lowest BCUT2D eigenvalue weighted by Gasteiger charge is -2.45. The van der Waals surface area contributed by atoms with Crippen LogP contribution in [0.1, 0.15) is 31.6 Å². The summed E-state index contributed by atoms with van der Waals surface area (Å²) in [5.74, 6) is 1.96. The third-order valence-corrected chi connectivity index (χ3v) is 5.18. The van der Waals surface area contributed by atoms with Crippen LogP contribution in [-0.4, -0.2) is 18.0 Å². The highest BCUT2D eigenvalue weighted by Crippen LogP contribution is 2.42. The number of hydrogen-bond acceptors (Lipinski definition) is 2. The summed E-state index contributed by atoms with van der Waals surface area (Å²) in [5, 5.41) is 1.03. The van der Waals surface area contributed by atoms with Gasteiger partial charge in [0, 0.05) is 16.8 Å². The minimum absolute atomic E-state index is 0.183. The van der Waals surface area contributed by atoms with E-state index in [0.717, 1.165) is 23.4 Å². The average Bonchev–Trinajstić information content (AvgIpc) is 2.46. The molecule has 1 aromatic rings. The predicted octanol–water partition coefficient (Wildman–Crippen LogP) is 4.16. The van der Waals surface area contributed by atoms with Gasteiger partial charge in [-0.05, 0) is 24.7 Å². The van der Waals surface area contributed by atoms with Crippen LogP contribution >= 0.6 is 15.9 Å². The van der Waals surface area contributed by atoms with Gasteiger partial charge in [-0.3, -0.25) is 0 Å². The van der Waals surface area contributed by atoms with Gasteiger partial charge in [-0.1, -0.05) is 53.2 Å². The van der Waals surface area contributed by atoms with Gasteiger partial charge in [-0.15, -0.1) is 0 Å². The molecule has 1 aromatic carbocycles. The topological polar surface area (TPSA) is 18.5 Å². The fourth-order valence-corrected chi connectivity index (χ4v) is 4.13. The maximum atomic E-state index is 6.28. The minimum atomic E-state index is -0.183. The molecule has 0 bridgehead atoms. The highest BCUT2D eigenvalue weighted by molar-refractivity contribution is 9.09. The summed E-state index contributed by atoms with van der Waals surface area (Å²) >= 11 is 3.66. The van der Waals surface area contributed by atoms with Crippen molar-refractivity contribution in [3.8, 4) is 0 Å². The van der Waals surface area contributed by atoms with Gasteiger partial charge >= 0.3 is 0 Å². The first kappa shape index (κ1) is 13.6. The molecule has 0 radical (unpaired) electrons. The van der Waals surface area contributed by atoms with Gasteiger partial charge in [0.05, 0.1) is 12.7 Å². The summed E-state index contributed by atoms with van der Waals surface area (Å²) < 4.78 is 12.2. The molecule has 104 valence electrons. The van der Waals surface area contributed by atoms with Crippen molar-refractivity contribution < 1.29 is 9.47 Å². The number of rotatable bonds is 2. The van der Waals surface area contributed by atoms with Crippen LogP contribution in [0.2, 0.25) is 0 Å². The summed E-state index contributed by atoms with van der Waals surface area (Å²) in [5.41, 5.74) is 1.13. The first-order valence-corrected chi connectivity index (χ1v) is 8.28. The lowest BCUT2D eigenvalue weighted by molar-refractivity contribution is -0.262. The number of halogens is 1. The zero-order valence-electron chi connectivity index (χ0n) is 11.3. The van der Waals surface area contributed by atoms with Gasteiger partial charge in [0.1, 0.15) is 0 Å². The van der Waals surface area contributed by atoms with Crippen LogP contribution in [0.4, 0.5) is 0 Å². The molecular weight excluding hydrogens is 304 g/mol. The van der Waals surface area contributed by atoms with E-state index in [9.17, 15) is 0 Å². The Hall–Kier alpha value is -0.380. The molecular formula is C16H21BrO2. The predicted molar refractivity (Wildman–Crippen MR) is 79.2 cm³/mol. The normalized spacial score (nSPS) is 38.7. The number of benzene rings is 1. The molecule has 1 saturated carbocycles. The van der Waals surface area contributed by atoms with E-state index < -0.39 is 0 Å². The van der Waals surface area contributed by atoms with Gasteiger partial charge < -0.3 is 9.47 Å². The smallest absolute Gasteiger partial charge is 0.184 e. The van der Waals surface area contributed by atoms with E-state index >= 15 is 0 Å². The van der Waals surface area contributed by atoms with E-state index in [1.54, 1.807) is 0 Å². The van der Waals surface area contributed by atoms with Crippen LogP contribution in [0, 0.1) is 17.8 Å². The quantitative estimate of drug-likeness (QED) is 0.760. The largest absolute Gasteiger partial charge is 0.348 e. The summed E-state index contributed by atoms with van der Waals surface area (Å²) in [6, 6.07) is 10.3. The summed E-state index contributed by atoms with van der Waals surface area (Å²) in [6.45, 7) is 3.17. The molecule has 0 N–H and O–H groups in total. The number of fused-ring (bicyclic) bond motifs is 1. The Morgan fingerprint density at radius 3 is 2.74 bits per heavy atom. The van der Waals surface area contributed by atoms with Crippen molar-refractivity contribution in [1.82, 2.24) is 0 Å². The molecule has 2 aliphatic rings. The van der Waals surface area contributed by atoms with Crippen LogP contribution in [-0.2, 0) is 9.47 Å². The molecule has 2 nitrogen and oxygen atoms in total. The van der Waals surface area contributed by atoms with Gasteiger partial charge in [0.2, 0.25) is 0 Å². The molecule has 5 atom stereocenters. The van der Waals surface area contributed by atoms with Crippen molar-refractivity contribution >= 4 is 15.9 Å². The molecule has 1 saturated heterocycles. The molecule has 19 heavy (non-hydrogen) atoms. The fraction of sp³-hybridized carbons (Fsp3) is 0.625. The van der Waals surface area contributed by atoms with E-state index in [-0.39, 0.29) is 6.29 Å². The minimum Gasteiger partial charge on any atom is -0.348 e. The maximum absolute atomic E-state index is 6.28. The zero-order chi connectivity index (χ0) is 13.2. The monoisotopic (exact) mass is 324 g/mol. The number of ether oxygens (including phenoxy) is 2. The van der Waals surface area contributed by atoms with E-state index in [4.69, 9.17) is 9.47 Å². The van der Waals surface area contributed by atoms with Crippen LogP contribution < -0.4 is 0 Å². The Balaban J connectivity index is 1.74. The highest BCUT2D eigenvalue weighted by Gasteiger charge is 2.41. The van der Waals surface area contributed by atoms with E-state index in [0.29, 0.717) is 17.9 Å². The Labute approximate surface area is 123 Å². The summed E-state index contributed by atoms with van der Waals surface area (Å²) in [6.07, 6.45) is 2.65. The van der Waals surface area contributed by atoms with Crippen molar-refractivity contribution in [3.05, 3.63) is 35.9 Å². The fourth-order valence-electron chi connectivity index (χ4n) is 3.50. The second-order valence-electron chi connectivity index (χ2n) is 5.93. The lowest BCUT2D eigenvalue weighted by Crippen LogP contribution is -2.46. The standard InChI is InChI=1S/C16H21BrO2/c1-11-7-13(9-17)15-14(8-11)10-18-16(19-15)12-5-3-2-4-6-12/h2-6,11,13-16H,7-10H2,1H3. The molecule has 1 aliphatic carbocycles. The van der Waals surface area contributed by atoms with Crippen molar-refractivity contribution in [1.29, 1.82) is 0 Å². The van der Waals surface area contributed by atoms with Crippen molar-refractivity contribution in [3.63, 3.8) is 0 Å². The molecule has 0 aromatic heterocycles. The molecule has 2 fully saturated rings. The molecule has 3 heteroatoms. The van der Waals surface area contributed by atoms with Crippen molar-refractivity contribution in [2.45, 2.75) is 32.2 Å². The summed E-state index contributed by atoms with van der Waals surface area (Å²) in [4.78, 5) is 0. The van der Waals surface area contributed by atoms with Gasteiger partial charge in [-0.2, -0.15) is 0 Å². The number of alkyl halides is 1. The maximum Gasteiger partial charge on any atom is 0.184 e. The Kier molecular flexibility index (Phi) is 4.25. The first-order valence-electron chi connectivity index (χ1n) is 7.16. The molecule has 0 amide bonds. The number of hydrogen-bond donors (Lipinski definition) is 0. The van der Waals surface area contributed by atoms with Gasteiger partial charge in [0.25, 0.3) is 0 Å². The third kappa shape index (κ3) is 2.88. The van der Waals surface area contributed by atoms with Crippen molar-refractivity contribution in [2.75, 3.05) is 11.9 Å². The zero-order valence-corrected chi connectivity index (χ0v) is 12.9. The highest BCUT2D eigenvalue weighted by atomic mass is 79.9. The molecule has 5 unspecified atom stereocenters. The Bertz CT molecular complexity index is 400. The van der Waals surface area contributed by atoms with E-state index in [2.05, 4.69) is 35.0 Å². The second kappa shape index (κ2) is 5.94. The third-order valence-electron chi connectivity index (χ3n) is 4.35. The van der Waals surface area contributed by atoms with Crippen LogP contribution in [0.3, 0.4) is 0 Å². The molecule has 3 rings (SSSR count). The Morgan fingerprint density at radius 1 is 1.21 bits per heavy atom. The van der Waals surface area contributed by atoms with Crippen LogP contribution in [0.5, 0.6) is 0 Å². The van der Waals surface area contributed by atoms with Gasteiger partial charge in [-0.25, -0.2) is 0 Å². The summed E-state index contributed by atoms with van der Waals surface area (Å²) in [7, 11) is 0. The SMILES string of the molecule is CC1CC(CBr)C2OC(c3ccccc3)OCC2C1. The average molecular weight is 325 g/mol. The van der Waals surface area contributed by atoms with Crippen LogP contribution in [0.25, 0.3) is 0 Å². The second-order valence-corrected chi connectivity index (χ2v) is 6.58. The van der Waals surface area contributed by atoms with E-state index in [1.807, 2.05) is 18.2 Å².